The highest BCUT2D eigenvalue weighted by atomic mass is 16.2. The summed E-state index contributed by atoms with van der Waals surface area (Å²) in [5.41, 5.74) is 0. The molecule has 7 nitrogen and oxygen atoms in total. The number of nitrogens with one attached hydrogen (secondary N) is 2. The predicted molar refractivity (Wildman–Crippen MR) is 109 cm³/mol. The third kappa shape index (κ3) is 3.69. The van der Waals surface area contributed by atoms with Crippen molar-refractivity contribution in [3.63, 3.8) is 0 Å². The monoisotopic (exact) mass is 387 g/mol. The number of rotatable bonds is 6. The lowest BCUT2D eigenvalue weighted by atomic mass is 9.85. The molecule has 4 unspecified atom stereocenters. The molecule has 7 heteroatoms. The van der Waals surface area contributed by atoms with Crippen molar-refractivity contribution < 1.29 is 9.59 Å². The Hall–Kier alpha value is -1.89. The van der Waals surface area contributed by atoms with Crippen LogP contribution in [0.2, 0.25) is 0 Å². The normalized spacial score (nSPS) is 33.1. The van der Waals surface area contributed by atoms with Crippen LogP contribution in [-0.4, -0.2) is 74.4 Å². The molecule has 0 spiro atoms. The van der Waals surface area contributed by atoms with Gasteiger partial charge in [0.1, 0.15) is 0 Å². The second-order valence-corrected chi connectivity index (χ2v) is 8.81. The first-order chi connectivity index (χ1) is 13.6. The number of piperidine rings is 1. The number of nitrogens with zero attached hydrogens (tertiary/aromatic N) is 3. The Bertz CT molecular complexity index is 638. The van der Waals surface area contributed by atoms with Gasteiger partial charge in [-0.15, -0.1) is 0 Å². The maximum atomic E-state index is 12.7. The molecule has 0 radical (unpaired) electrons. The van der Waals surface area contributed by atoms with Gasteiger partial charge in [-0.05, 0) is 63.6 Å². The number of allylic oxidation sites excluding steroid dienone is 2. The molecule has 2 aliphatic carbocycles. The Morgan fingerprint density at radius 1 is 1.11 bits per heavy atom. The molecule has 0 aromatic carbocycles. The van der Waals surface area contributed by atoms with Crippen molar-refractivity contribution in [2.75, 3.05) is 46.8 Å². The lowest BCUT2D eigenvalue weighted by Gasteiger charge is -2.29. The lowest BCUT2D eigenvalue weighted by molar-refractivity contribution is -0.140. The average Bonchev–Trinajstić information content (AvgIpc) is 3.38. The Morgan fingerprint density at radius 3 is 2.36 bits per heavy atom. The van der Waals surface area contributed by atoms with Gasteiger partial charge in [0, 0.05) is 26.7 Å². The third-order valence-corrected chi connectivity index (χ3v) is 7.03. The molecule has 28 heavy (non-hydrogen) atoms. The van der Waals surface area contributed by atoms with E-state index < -0.39 is 0 Å². The van der Waals surface area contributed by atoms with Crippen molar-refractivity contribution in [2.45, 2.75) is 25.7 Å². The minimum absolute atomic E-state index is 0.0524. The van der Waals surface area contributed by atoms with Gasteiger partial charge < -0.3 is 15.5 Å². The number of amides is 2. The summed E-state index contributed by atoms with van der Waals surface area (Å²) in [5, 5.41) is 6.74. The van der Waals surface area contributed by atoms with Crippen LogP contribution in [0.5, 0.6) is 0 Å². The zero-order valence-electron chi connectivity index (χ0n) is 17.1. The van der Waals surface area contributed by atoms with Gasteiger partial charge in [0.2, 0.25) is 11.8 Å². The van der Waals surface area contributed by atoms with Crippen LogP contribution >= 0.6 is 0 Å². The molecule has 0 aromatic rings. The van der Waals surface area contributed by atoms with Gasteiger partial charge in [-0.3, -0.25) is 19.5 Å². The number of likely N-dealkylation sites (tertiary alicyclic amines) is 2. The van der Waals surface area contributed by atoms with Crippen molar-refractivity contribution in [3.05, 3.63) is 12.2 Å². The van der Waals surface area contributed by atoms with Gasteiger partial charge >= 0.3 is 0 Å². The minimum atomic E-state index is -0.0839. The van der Waals surface area contributed by atoms with Gasteiger partial charge in [0.25, 0.3) is 0 Å². The largest absolute Gasteiger partial charge is 0.356 e. The second-order valence-electron chi connectivity index (χ2n) is 8.81. The summed E-state index contributed by atoms with van der Waals surface area (Å²) in [4.78, 5) is 33.5. The molecular formula is C21H33N5O2. The highest BCUT2D eigenvalue weighted by Crippen LogP contribution is 2.52. The van der Waals surface area contributed by atoms with Crippen LogP contribution in [0.25, 0.3) is 0 Å². The van der Waals surface area contributed by atoms with E-state index in [4.69, 9.17) is 0 Å². The van der Waals surface area contributed by atoms with E-state index in [2.05, 4.69) is 39.7 Å². The van der Waals surface area contributed by atoms with E-state index in [1.54, 1.807) is 7.05 Å². The first-order valence-electron chi connectivity index (χ1n) is 10.7. The molecule has 2 saturated heterocycles. The molecule has 3 fully saturated rings. The fraction of sp³-hybridized carbons (Fsp3) is 0.762. The van der Waals surface area contributed by atoms with Crippen LogP contribution in [0.1, 0.15) is 25.7 Å². The standard InChI is InChI=1S/C21H33N5O2/c1-22-21(24-13-14-6-10-25(2)11-7-14)23-8-3-9-26-19(27)17-15-4-5-16(12-15)18(17)20(26)28/h4-5,14-18H,3,6-13H2,1-2H3,(H2,22,23,24). The molecule has 0 aromatic heterocycles. The Labute approximate surface area is 167 Å². The van der Waals surface area contributed by atoms with E-state index in [-0.39, 0.29) is 35.5 Å². The SMILES string of the molecule is CN=C(NCCCN1C(=O)C2C3C=CC(C3)C2C1=O)NCC1CCN(C)CC1. The molecule has 154 valence electrons. The van der Waals surface area contributed by atoms with Gasteiger partial charge in [0.05, 0.1) is 11.8 Å². The summed E-state index contributed by atoms with van der Waals surface area (Å²) in [6.07, 6.45) is 8.46. The number of carbonyl (C=O) groups is 2. The van der Waals surface area contributed by atoms with Crippen LogP contribution < -0.4 is 10.6 Å². The van der Waals surface area contributed by atoms with Crippen LogP contribution in [0.3, 0.4) is 0 Å². The molecule has 2 N–H and O–H groups in total. The van der Waals surface area contributed by atoms with Crippen molar-refractivity contribution >= 4 is 17.8 Å². The molecule has 2 amide bonds. The van der Waals surface area contributed by atoms with Crippen molar-refractivity contribution in [3.8, 4) is 0 Å². The first-order valence-corrected chi connectivity index (χ1v) is 10.7. The fourth-order valence-corrected chi connectivity index (χ4v) is 5.36. The molecule has 2 aliphatic heterocycles. The summed E-state index contributed by atoms with van der Waals surface area (Å²) in [6.45, 7) is 4.47. The van der Waals surface area contributed by atoms with E-state index in [9.17, 15) is 9.59 Å². The quantitative estimate of drug-likeness (QED) is 0.231. The Kier molecular flexibility index (Phi) is 5.71. The van der Waals surface area contributed by atoms with Gasteiger partial charge in [-0.1, -0.05) is 12.2 Å². The number of hydrogen-bond acceptors (Lipinski definition) is 4. The summed E-state index contributed by atoms with van der Waals surface area (Å²) >= 11 is 0. The molecule has 4 rings (SSSR count). The van der Waals surface area contributed by atoms with E-state index in [0.717, 1.165) is 38.4 Å². The van der Waals surface area contributed by atoms with E-state index in [0.29, 0.717) is 19.0 Å². The molecule has 4 atom stereocenters. The Balaban J connectivity index is 1.17. The first kappa shape index (κ1) is 19.4. The van der Waals surface area contributed by atoms with Crippen LogP contribution in [0.15, 0.2) is 17.1 Å². The number of carbonyl (C=O) groups excluding carboxylic acids is 2. The minimum Gasteiger partial charge on any atom is -0.356 e. The molecule has 1 saturated carbocycles. The van der Waals surface area contributed by atoms with Crippen LogP contribution in [-0.2, 0) is 9.59 Å². The van der Waals surface area contributed by atoms with Crippen LogP contribution in [0.4, 0.5) is 0 Å². The highest BCUT2D eigenvalue weighted by molar-refractivity contribution is 6.06. The number of imide groups is 1. The maximum absolute atomic E-state index is 12.7. The van der Waals surface area contributed by atoms with Crippen molar-refractivity contribution in [1.82, 2.24) is 20.4 Å². The van der Waals surface area contributed by atoms with Gasteiger partial charge in [-0.25, -0.2) is 0 Å². The summed E-state index contributed by atoms with van der Waals surface area (Å²) in [5.74, 6) is 2.01. The number of hydrogen-bond donors (Lipinski definition) is 2. The number of guanidine groups is 1. The third-order valence-electron chi connectivity index (χ3n) is 7.03. The smallest absolute Gasteiger partial charge is 0.233 e. The highest BCUT2D eigenvalue weighted by Gasteiger charge is 2.58. The van der Waals surface area contributed by atoms with Gasteiger partial charge in [0.15, 0.2) is 5.96 Å². The second kappa shape index (κ2) is 8.23. The van der Waals surface area contributed by atoms with E-state index >= 15 is 0 Å². The topological polar surface area (TPSA) is 77.0 Å². The predicted octanol–water partition coefficient (Wildman–Crippen LogP) is 0.690. The van der Waals surface area contributed by atoms with E-state index in [1.165, 1.54) is 17.7 Å². The van der Waals surface area contributed by atoms with E-state index in [1.807, 2.05) is 0 Å². The van der Waals surface area contributed by atoms with Crippen LogP contribution in [0, 0.1) is 29.6 Å². The Morgan fingerprint density at radius 2 is 1.75 bits per heavy atom. The van der Waals surface area contributed by atoms with Crippen molar-refractivity contribution in [2.24, 2.45) is 34.6 Å². The summed E-state index contributed by atoms with van der Waals surface area (Å²) in [6, 6.07) is 0. The lowest BCUT2D eigenvalue weighted by Crippen LogP contribution is -2.43. The zero-order chi connectivity index (χ0) is 19.7. The molecule has 2 heterocycles. The molecular weight excluding hydrogens is 354 g/mol. The maximum Gasteiger partial charge on any atom is 0.233 e. The zero-order valence-corrected chi connectivity index (χ0v) is 17.1. The molecule has 4 aliphatic rings. The summed E-state index contributed by atoms with van der Waals surface area (Å²) in [7, 11) is 3.95. The molecule has 2 bridgehead atoms. The summed E-state index contributed by atoms with van der Waals surface area (Å²) < 4.78 is 0. The average molecular weight is 388 g/mol. The number of fused-ring (bicyclic) bond motifs is 5. The van der Waals surface area contributed by atoms with Crippen molar-refractivity contribution in [1.29, 1.82) is 0 Å². The fourth-order valence-electron chi connectivity index (χ4n) is 5.36. The number of aliphatic imine (C=N–C) groups is 1. The van der Waals surface area contributed by atoms with Gasteiger partial charge in [-0.2, -0.15) is 0 Å².